The van der Waals surface area contributed by atoms with Crippen molar-refractivity contribution in [2.45, 2.75) is 33.1 Å². The number of carboxylic acid groups (broad SMARTS) is 1. The van der Waals surface area contributed by atoms with Crippen molar-refractivity contribution in [1.29, 1.82) is 0 Å². The van der Waals surface area contributed by atoms with Crippen molar-refractivity contribution in [3.63, 3.8) is 0 Å². The first-order valence-corrected chi connectivity index (χ1v) is 14.8. The molecular formula is C34H34N4O11. The third kappa shape index (κ3) is 7.56. The Morgan fingerprint density at radius 3 is 1.47 bits per heavy atom. The van der Waals surface area contributed by atoms with Gasteiger partial charge in [0, 0.05) is 25.0 Å². The van der Waals surface area contributed by atoms with Gasteiger partial charge < -0.3 is 24.1 Å². The van der Waals surface area contributed by atoms with E-state index in [4.69, 9.17) is 24.1 Å². The minimum Gasteiger partial charge on any atom is -0.493 e. The van der Waals surface area contributed by atoms with Crippen LogP contribution >= 0.6 is 0 Å². The van der Waals surface area contributed by atoms with Crippen LogP contribution in [0.25, 0.3) is 11.4 Å². The molecule has 2 aromatic carbocycles. The molecule has 0 bridgehead atoms. The summed E-state index contributed by atoms with van der Waals surface area (Å²) in [5.74, 6) is -2.55. The van der Waals surface area contributed by atoms with Gasteiger partial charge in [0.2, 0.25) is 0 Å². The number of rotatable bonds is 9. The van der Waals surface area contributed by atoms with Crippen LogP contribution in [0.2, 0.25) is 0 Å². The zero-order valence-electron chi connectivity index (χ0n) is 27.6. The first kappa shape index (κ1) is 35.7. The zero-order valence-corrected chi connectivity index (χ0v) is 27.6. The number of methoxy groups -OCH3 is 4. The number of aromatic carboxylic acids is 1. The minimum atomic E-state index is -1.40. The number of ketones is 3. The highest BCUT2D eigenvalue weighted by Gasteiger charge is 2.38. The van der Waals surface area contributed by atoms with E-state index >= 15 is 0 Å². The van der Waals surface area contributed by atoms with Gasteiger partial charge in [-0.3, -0.25) is 24.0 Å². The van der Waals surface area contributed by atoms with E-state index in [1.54, 1.807) is 50.2 Å². The second kappa shape index (κ2) is 15.2. The van der Waals surface area contributed by atoms with E-state index in [0.29, 0.717) is 52.2 Å². The maximum atomic E-state index is 13.0. The van der Waals surface area contributed by atoms with Crippen molar-refractivity contribution >= 4 is 23.3 Å². The lowest BCUT2D eigenvalue weighted by atomic mass is 9.82. The van der Waals surface area contributed by atoms with Crippen molar-refractivity contribution in [2.24, 2.45) is 5.92 Å². The summed E-state index contributed by atoms with van der Waals surface area (Å²) in [4.78, 5) is 73.3. The highest BCUT2D eigenvalue weighted by molar-refractivity contribution is 6.25. The number of carbonyl (C=O) groups is 4. The summed E-state index contributed by atoms with van der Waals surface area (Å²) in [6.45, 7) is 3.24. The van der Waals surface area contributed by atoms with Crippen molar-refractivity contribution < 1.29 is 43.2 Å². The maximum absolute atomic E-state index is 13.0. The van der Waals surface area contributed by atoms with Crippen LogP contribution in [0.3, 0.4) is 0 Å². The van der Waals surface area contributed by atoms with Gasteiger partial charge in [-0.1, -0.05) is 0 Å². The fraction of sp³-hybridized carbons (Fsp3) is 0.294. The van der Waals surface area contributed by atoms with E-state index in [9.17, 15) is 28.8 Å². The summed E-state index contributed by atoms with van der Waals surface area (Å²) in [5.41, 5.74) is -0.400. The molecule has 2 heterocycles. The predicted octanol–water partition coefficient (Wildman–Crippen LogP) is 2.94. The lowest BCUT2D eigenvalue weighted by Gasteiger charge is -2.18. The van der Waals surface area contributed by atoms with Gasteiger partial charge in [0.1, 0.15) is 11.5 Å². The van der Waals surface area contributed by atoms with Gasteiger partial charge in [0.15, 0.2) is 40.3 Å². The van der Waals surface area contributed by atoms with Gasteiger partial charge in [-0.05, 0) is 56.7 Å². The Kier molecular flexibility index (Phi) is 11.1. The molecule has 5 rings (SSSR count). The second-order valence-corrected chi connectivity index (χ2v) is 10.8. The summed E-state index contributed by atoms with van der Waals surface area (Å²) in [5, 5.41) is 17.3. The molecule has 1 fully saturated rings. The van der Waals surface area contributed by atoms with E-state index < -0.39 is 40.4 Å². The van der Waals surface area contributed by atoms with Gasteiger partial charge in [0.25, 0.3) is 11.1 Å². The van der Waals surface area contributed by atoms with Gasteiger partial charge in [-0.15, -0.1) is 0 Å². The van der Waals surface area contributed by atoms with Gasteiger partial charge in [-0.25, -0.2) is 4.79 Å². The molecule has 2 aromatic heterocycles. The van der Waals surface area contributed by atoms with Gasteiger partial charge >= 0.3 is 5.97 Å². The number of carboxylic acids is 1. The molecule has 1 aliphatic rings. The third-order valence-corrected chi connectivity index (χ3v) is 7.54. The number of hydrogen-bond acceptors (Lipinski definition) is 12. The normalized spacial score (nSPS) is 12.9. The molecule has 4 aromatic rings. The zero-order chi connectivity index (χ0) is 36.0. The van der Waals surface area contributed by atoms with Crippen LogP contribution in [-0.4, -0.2) is 76.4 Å². The Morgan fingerprint density at radius 2 is 1.06 bits per heavy atom. The molecular weight excluding hydrogens is 640 g/mol. The molecule has 1 saturated carbocycles. The number of benzene rings is 2. The smallest absolute Gasteiger partial charge is 0.341 e. The van der Waals surface area contributed by atoms with Crippen LogP contribution < -0.4 is 30.1 Å². The fourth-order valence-electron chi connectivity index (χ4n) is 5.18. The molecule has 0 aliphatic heterocycles. The molecule has 256 valence electrons. The minimum absolute atomic E-state index is 0.163. The van der Waals surface area contributed by atoms with Crippen molar-refractivity contribution in [3.8, 4) is 34.4 Å². The summed E-state index contributed by atoms with van der Waals surface area (Å²) in [7, 11) is 5.92. The Morgan fingerprint density at radius 1 is 0.653 bits per heavy atom. The molecule has 49 heavy (non-hydrogen) atoms. The van der Waals surface area contributed by atoms with E-state index in [-0.39, 0.29) is 24.0 Å². The number of hydrogen-bond donors (Lipinski definition) is 1. The van der Waals surface area contributed by atoms with Gasteiger partial charge in [-0.2, -0.15) is 19.6 Å². The molecule has 1 N–H and O–H groups in total. The standard InChI is InChI=1S/C20H20N2O6.C14H14N2O5/c1-11-9-13(19(25)18-14(23)5-4-6-15(18)24)20(26)22(21-11)12-7-8-16(27-2)17(10-12)28-3;1-8-6-10(14(18)19)13(17)16(15-8)9-4-5-11(20-2)12(7-9)21-3/h7-10,18H,4-6H2,1-3H3;4-7H,1-3H3,(H,18,19). The summed E-state index contributed by atoms with van der Waals surface area (Å²) >= 11 is 0. The van der Waals surface area contributed by atoms with Gasteiger partial charge in [0.05, 0.1) is 56.8 Å². The van der Waals surface area contributed by atoms with Crippen LogP contribution in [0, 0.1) is 19.8 Å². The highest BCUT2D eigenvalue weighted by atomic mass is 16.5. The number of ether oxygens (including phenoxy) is 4. The average molecular weight is 675 g/mol. The number of carbonyl (C=O) groups excluding carboxylic acids is 3. The molecule has 15 heteroatoms. The fourth-order valence-corrected chi connectivity index (χ4v) is 5.18. The molecule has 0 radical (unpaired) electrons. The predicted molar refractivity (Wildman–Crippen MR) is 174 cm³/mol. The number of aromatic nitrogens is 4. The van der Waals surface area contributed by atoms with Crippen LogP contribution in [0.15, 0.2) is 58.1 Å². The van der Waals surface area contributed by atoms with E-state index in [1.807, 2.05) is 0 Å². The molecule has 0 amide bonds. The maximum Gasteiger partial charge on any atom is 0.341 e. The van der Waals surface area contributed by atoms with E-state index in [2.05, 4.69) is 10.2 Å². The first-order valence-electron chi connectivity index (χ1n) is 14.8. The molecule has 0 atom stereocenters. The van der Waals surface area contributed by atoms with E-state index in [1.165, 1.54) is 40.6 Å². The Hall–Kier alpha value is -6.12. The quantitative estimate of drug-likeness (QED) is 0.201. The number of Topliss-reactive ketones (excluding diaryl/α,β-unsaturated/α-hetero) is 3. The Bertz CT molecular complexity index is 2050. The van der Waals surface area contributed by atoms with E-state index in [0.717, 1.165) is 9.36 Å². The topological polar surface area (TPSA) is 195 Å². The Labute approximate surface area is 279 Å². The summed E-state index contributed by atoms with van der Waals surface area (Å²) in [6, 6.07) is 12.1. The third-order valence-electron chi connectivity index (χ3n) is 7.54. The van der Waals surface area contributed by atoms with Crippen molar-refractivity contribution in [2.75, 3.05) is 28.4 Å². The summed E-state index contributed by atoms with van der Waals surface area (Å²) in [6.07, 6.45) is 0.763. The second-order valence-electron chi connectivity index (χ2n) is 10.8. The monoisotopic (exact) mass is 674 g/mol. The molecule has 0 unspecified atom stereocenters. The van der Waals surface area contributed by atoms with Crippen molar-refractivity contribution in [1.82, 2.24) is 19.6 Å². The Balaban J connectivity index is 0.000000230. The highest BCUT2D eigenvalue weighted by Crippen LogP contribution is 2.30. The number of nitrogens with zero attached hydrogens (tertiary/aromatic N) is 4. The van der Waals surface area contributed by atoms with Crippen LogP contribution in [0.4, 0.5) is 0 Å². The number of aryl methyl sites for hydroxylation is 2. The molecule has 0 spiro atoms. The van der Waals surface area contributed by atoms with Crippen LogP contribution in [0.1, 0.15) is 51.4 Å². The van der Waals surface area contributed by atoms with Crippen LogP contribution in [-0.2, 0) is 9.59 Å². The summed E-state index contributed by atoms with van der Waals surface area (Å²) < 4.78 is 22.8. The first-order chi connectivity index (χ1) is 23.3. The van der Waals surface area contributed by atoms with Crippen LogP contribution in [0.5, 0.6) is 23.0 Å². The lowest BCUT2D eigenvalue weighted by molar-refractivity contribution is -0.133. The molecule has 1 aliphatic carbocycles. The largest absolute Gasteiger partial charge is 0.493 e. The molecule has 0 saturated heterocycles. The lowest BCUT2D eigenvalue weighted by Crippen LogP contribution is -2.39. The average Bonchev–Trinajstić information content (AvgIpc) is 3.09. The van der Waals surface area contributed by atoms with Crippen molar-refractivity contribution in [3.05, 3.63) is 91.8 Å². The SMILES string of the molecule is COc1ccc(-n2nc(C)cc(C(=O)C3C(=O)CCCC3=O)c2=O)cc1OC.COc1ccc(-n2nc(C)cc(C(=O)O)c2=O)cc1OC. The molecule has 15 nitrogen and oxygen atoms in total.